The predicted molar refractivity (Wildman–Crippen MR) is 160 cm³/mol. The van der Waals surface area contributed by atoms with E-state index in [0.717, 1.165) is 63.5 Å². The molecule has 0 N–H and O–H groups in total. The van der Waals surface area contributed by atoms with E-state index in [1.54, 1.807) is 42.7 Å². The van der Waals surface area contributed by atoms with Gasteiger partial charge in [-0.25, -0.2) is 0 Å². The number of rotatable bonds is 28. The van der Waals surface area contributed by atoms with Gasteiger partial charge in [0, 0.05) is 66.6 Å². The number of carbonyl (C=O) groups excluding carboxylic acids is 1. The van der Waals surface area contributed by atoms with E-state index in [0.29, 0.717) is 5.78 Å². The van der Waals surface area contributed by atoms with Gasteiger partial charge < -0.3 is 26.6 Å². The molecule has 0 rings (SSSR count). The number of Topliss-reactive ketones (excluding diaryl/α,β-unsaturated/α-hetero) is 1. The average molecular weight is 579 g/mol. The van der Waals surface area contributed by atoms with Crippen molar-refractivity contribution >= 4 is 23.4 Å². The lowest BCUT2D eigenvalue weighted by Gasteiger charge is -2.24. The summed E-state index contributed by atoms with van der Waals surface area (Å²) in [7, 11) is 5.23. The predicted octanol–water partition coefficient (Wildman–Crippen LogP) is 7.83. The second kappa shape index (κ2) is 23.6. The van der Waals surface area contributed by atoms with E-state index >= 15 is 0 Å². The van der Waals surface area contributed by atoms with Crippen molar-refractivity contribution in [2.45, 2.75) is 129 Å². The maximum Gasteiger partial charge on any atom is 0.500 e. The van der Waals surface area contributed by atoms with Gasteiger partial charge in [0.05, 0.1) is 0 Å². The zero-order chi connectivity index (χ0) is 28.7. The largest absolute Gasteiger partial charge is 0.500 e. The lowest BCUT2D eigenvalue weighted by Crippen LogP contribution is -2.42. The van der Waals surface area contributed by atoms with Crippen LogP contribution in [0, 0.1) is 11.8 Å². The Kier molecular flexibility index (Phi) is 23.5. The molecule has 7 nitrogen and oxygen atoms in total. The Labute approximate surface area is 237 Å². The van der Waals surface area contributed by atoms with Crippen molar-refractivity contribution in [2.24, 2.45) is 11.8 Å². The molecule has 0 radical (unpaired) electrons. The molecule has 0 aliphatic heterocycles. The third-order valence-corrected chi connectivity index (χ3v) is 13.9. The molecular formula is C29H62O7Si2. The normalized spacial score (nSPS) is 14.1. The summed E-state index contributed by atoms with van der Waals surface area (Å²) in [6, 6.07) is 1.75. The second-order valence-corrected chi connectivity index (χ2v) is 16.7. The van der Waals surface area contributed by atoms with E-state index in [1.807, 2.05) is 0 Å². The van der Waals surface area contributed by atoms with Crippen molar-refractivity contribution < 1.29 is 31.4 Å². The first-order valence-electron chi connectivity index (χ1n) is 15.2. The molecule has 2 unspecified atom stereocenters. The third kappa shape index (κ3) is 15.0. The number of unbranched alkanes of at least 4 members (excludes halogenated alkanes) is 10. The Morgan fingerprint density at radius 2 is 0.737 bits per heavy atom. The molecule has 0 saturated heterocycles. The minimum atomic E-state index is -2.42. The van der Waals surface area contributed by atoms with E-state index in [9.17, 15) is 4.79 Å². The van der Waals surface area contributed by atoms with Crippen molar-refractivity contribution in [3.8, 4) is 0 Å². The van der Waals surface area contributed by atoms with Crippen molar-refractivity contribution in [2.75, 3.05) is 42.7 Å². The van der Waals surface area contributed by atoms with Crippen LogP contribution in [0.1, 0.15) is 117 Å². The Bertz CT molecular complexity index is 495. The molecule has 38 heavy (non-hydrogen) atoms. The molecule has 0 heterocycles. The quantitative estimate of drug-likeness (QED) is 0.0692. The summed E-state index contributed by atoms with van der Waals surface area (Å²) < 4.78 is 33.0. The zero-order valence-electron chi connectivity index (χ0n) is 26.2. The highest BCUT2D eigenvalue weighted by Gasteiger charge is 2.37. The summed E-state index contributed by atoms with van der Waals surface area (Å²) in [5, 5.41) is 0. The molecular weight excluding hydrogens is 516 g/mol. The first kappa shape index (κ1) is 37.9. The standard InChI is InChI=1S/C29H62O7Si2/c1-9-27(23-19-15-11-13-17-21-25-37(31-3,32-4)33-5)29(30)28(10-2)24-20-16-12-14-18-22-26-38(34-6,35-7)36-8/h27-28H,9-26H2,1-8H3. The molecule has 0 amide bonds. The molecule has 0 bridgehead atoms. The topological polar surface area (TPSA) is 72.5 Å². The second-order valence-electron chi connectivity index (χ2n) is 10.5. The van der Waals surface area contributed by atoms with Crippen LogP contribution in [0.25, 0.3) is 0 Å². The van der Waals surface area contributed by atoms with E-state index in [-0.39, 0.29) is 11.8 Å². The van der Waals surface area contributed by atoms with Gasteiger partial charge in [-0.1, -0.05) is 78.1 Å². The maximum atomic E-state index is 13.2. The number of ketones is 1. The molecule has 0 aromatic heterocycles. The van der Waals surface area contributed by atoms with Crippen LogP contribution in [-0.2, 0) is 31.4 Å². The van der Waals surface area contributed by atoms with Crippen molar-refractivity contribution in [3.63, 3.8) is 0 Å². The number of carbonyl (C=O) groups is 1. The van der Waals surface area contributed by atoms with Gasteiger partial charge in [-0.3, -0.25) is 4.79 Å². The van der Waals surface area contributed by atoms with Gasteiger partial charge in [0.1, 0.15) is 5.78 Å². The summed E-state index contributed by atoms with van der Waals surface area (Å²) in [5.74, 6) is 1.00. The van der Waals surface area contributed by atoms with Gasteiger partial charge >= 0.3 is 17.6 Å². The van der Waals surface area contributed by atoms with Gasteiger partial charge in [-0.05, 0) is 38.5 Å². The van der Waals surface area contributed by atoms with Gasteiger partial charge in [-0.2, -0.15) is 0 Å². The highest BCUT2D eigenvalue weighted by atomic mass is 28.4. The average Bonchev–Trinajstić information content (AvgIpc) is 2.96. The van der Waals surface area contributed by atoms with E-state index in [1.165, 1.54) is 51.4 Å². The summed E-state index contributed by atoms with van der Waals surface area (Å²) in [6.45, 7) is 4.36. The van der Waals surface area contributed by atoms with Gasteiger partial charge in [-0.15, -0.1) is 0 Å². The first-order valence-corrected chi connectivity index (χ1v) is 19.1. The smallest absolute Gasteiger partial charge is 0.377 e. The van der Waals surface area contributed by atoms with Crippen LogP contribution in [0.15, 0.2) is 0 Å². The molecule has 228 valence electrons. The third-order valence-electron chi connectivity index (χ3n) is 8.23. The molecule has 0 aromatic rings. The maximum absolute atomic E-state index is 13.2. The molecule has 0 aromatic carbocycles. The summed E-state index contributed by atoms with van der Waals surface area (Å²) in [4.78, 5) is 13.2. The van der Waals surface area contributed by atoms with Crippen molar-refractivity contribution in [1.29, 1.82) is 0 Å². The SMILES string of the molecule is CCC(CCCCCCCC[Si](OC)(OC)OC)C(=O)C(CC)CCCCCCCC[Si](OC)(OC)OC. The van der Waals surface area contributed by atoms with Crippen LogP contribution < -0.4 is 0 Å². The monoisotopic (exact) mass is 578 g/mol. The van der Waals surface area contributed by atoms with Crippen LogP contribution in [0.4, 0.5) is 0 Å². The molecule has 0 aliphatic carbocycles. The van der Waals surface area contributed by atoms with Crippen LogP contribution in [0.3, 0.4) is 0 Å². The van der Waals surface area contributed by atoms with Crippen LogP contribution >= 0.6 is 0 Å². The molecule has 9 heteroatoms. The highest BCUT2D eigenvalue weighted by molar-refractivity contribution is 6.60. The molecule has 0 aliphatic rings. The minimum absolute atomic E-state index is 0.239. The van der Waals surface area contributed by atoms with Crippen molar-refractivity contribution in [3.05, 3.63) is 0 Å². The molecule has 0 fully saturated rings. The molecule has 0 spiro atoms. The highest BCUT2D eigenvalue weighted by Crippen LogP contribution is 2.26. The lowest BCUT2D eigenvalue weighted by molar-refractivity contribution is -0.127. The van der Waals surface area contributed by atoms with E-state index < -0.39 is 17.6 Å². The number of hydrogen-bond donors (Lipinski definition) is 0. The fraction of sp³-hybridized carbons (Fsp3) is 0.966. The van der Waals surface area contributed by atoms with Crippen molar-refractivity contribution in [1.82, 2.24) is 0 Å². The van der Waals surface area contributed by atoms with E-state index in [2.05, 4.69) is 13.8 Å². The fourth-order valence-corrected chi connectivity index (χ4v) is 9.01. The minimum Gasteiger partial charge on any atom is -0.377 e. The van der Waals surface area contributed by atoms with Gasteiger partial charge in [0.2, 0.25) is 0 Å². The summed E-state index contributed by atoms with van der Waals surface area (Å²) >= 11 is 0. The van der Waals surface area contributed by atoms with Crippen LogP contribution in [-0.4, -0.2) is 66.1 Å². The summed E-state index contributed by atoms with van der Waals surface area (Å²) in [6.07, 6.45) is 18.2. The fourth-order valence-electron chi connectivity index (χ4n) is 5.42. The summed E-state index contributed by atoms with van der Waals surface area (Å²) in [5.41, 5.74) is 0. The Hall–Kier alpha value is -0.136. The lowest BCUT2D eigenvalue weighted by atomic mass is 9.83. The Balaban J connectivity index is 4.06. The van der Waals surface area contributed by atoms with Crippen LogP contribution in [0.5, 0.6) is 0 Å². The first-order chi connectivity index (χ1) is 18.4. The molecule has 0 saturated carbocycles. The van der Waals surface area contributed by atoms with Crippen LogP contribution in [0.2, 0.25) is 12.1 Å². The Morgan fingerprint density at radius 1 is 0.474 bits per heavy atom. The molecule has 2 atom stereocenters. The van der Waals surface area contributed by atoms with Gasteiger partial charge in [0.15, 0.2) is 0 Å². The van der Waals surface area contributed by atoms with E-state index in [4.69, 9.17) is 26.6 Å². The number of hydrogen-bond acceptors (Lipinski definition) is 7. The Morgan fingerprint density at radius 3 is 1.00 bits per heavy atom. The van der Waals surface area contributed by atoms with Gasteiger partial charge in [0.25, 0.3) is 0 Å². The zero-order valence-corrected chi connectivity index (χ0v) is 28.2.